The second-order valence-electron chi connectivity index (χ2n) is 6.30. The molecule has 3 N–H and O–H groups in total. The van der Waals surface area contributed by atoms with Gasteiger partial charge in [-0.3, -0.25) is 0 Å². The van der Waals surface area contributed by atoms with Crippen LogP contribution >= 0.6 is 0 Å². The molecule has 7 heteroatoms. The fraction of sp³-hybridized carbons (Fsp3) is 0.588. The van der Waals surface area contributed by atoms with E-state index in [-0.39, 0.29) is 17.9 Å². The number of benzene rings is 1. The zero-order valence-electron chi connectivity index (χ0n) is 14.2. The van der Waals surface area contributed by atoms with Gasteiger partial charge >= 0.3 is 12.2 Å². The first-order valence-corrected chi connectivity index (χ1v) is 7.97. The molecule has 4 nitrogen and oxygen atoms in total. The van der Waals surface area contributed by atoms with Gasteiger partial charge in [0.05, 0.1) is 11.7 Å². The first-order chi connectivity index (χ1) is 11.1. The summed E-state index contributed by atoms with van der Waals surface area (Å²) in [5.74, 6) is 0.108. The molecule has 0 aliphatic carbocycles. The highest BCUT2D eigenvalue weighted by Gasteiger charge is 2.33. The van der Waals surface area contributed by atoms with E-state index in [1.54, 1.807) is 19.9 Å². The normalized spacial score (nSPS) is 15.5. The van der Waals surface area contributed by atoms with Gasteiger partial charge in [0.2, 0.25) is 0 Å². The van der Waals surface area contributed by atoms with E-state index >= 15 is 0 Å². The molecule has 24 heavy (non-hydrogen) atoms. The largest absolute Gasteiger partial charge is 0.416 e. The molecule has 0 radical (unpaired) electrons. The van der Waals surface area contributed by atoms with E-state index in [2.05, 4.69) is 10.6 Å². The average Bonchev–Trinajstić information content (AvgIpc) is 2.43. The zero-order valence-corrected chi connectivity index (χ0v) is 14.2. The molecule has 3 unspecified atom stereocenters. The Hall–Kier alpha value is -1.76. The number of alkyl halides is 3. The smallest absolute Gasteiger partial charge is 0.393 e. The number of carbonyl (C=O) groups is 1. The van der Waals surface area contributed by atoms with Crippen molar-refractivity contribution in [1.82, 2.24) is 10.6 Å². The molecule has 0 aliphatic rings. The van der Waals surface area contributed by atoms with E-state index in [4.69, 9.17) is 0 Å². The zero-order chi connectivity index (χ0) is 18.3. The minimum Gasteiger partial charge on any atom is -0.393 e. The van der Waals surface area contributed by atoms with Gasteiger partial charge in [-0.2, -0.15) is 13.2 Å². The van der Waals surface area contributed by atoms with Crippen LogP contribution in [-0.2, 0) is 12.6 Å². The van der Waals surface area contributed by atoms with Gasteiger partial charge in [0.15, 0.2) is 0 Å². The minimum absolute atomic E-state index is 0.0896. The third-order valence-corrected chi connectivity index (χ3v) is 3.58. The van der Waals surface area contributed by atoms with Crippen LogP contribution in [0.3, 0.4) is 0 Å². The van der Waals surface area contributed by atoms with Crippen molar-refractivity contribution in [2.24, 2.45) is 5.92 Å². The molecule has 0 aliphatic heterocycles. The summed E-state index contributed by atoms with van der Waals surface area (Å²) in [7, 11) is 0. The lowest BCUT2D eigenvalue weighted by atomic mass is 10.0. The third-order valence-electron chi connectivity index (χ3n) is 3.58. The van der Waals surface area contributed by atoms with Crippen molar-refractivity contribution in [2.75, 3.05) is 6.54 Å². The van der Waals surface area contributed by atoms with Crippen LogP contribution in [0.15, 0.2) is 24.3 Å². The molecule has 0 spiro atoms. The summed E-state index contributed by atoms with van der Waals surface area (Å²) < 4.78 is 38.9. The Morgan fingerprint density at radius 1 is 1.21 bits per heavy atom. The Labute approximate surface area is 140 Å². The third kappa shape index (κ3) is 7.21. The molecule has 0 saturated carbocycles. The van der Waals surface area contributed by atoms with Crippen LogP contribution in [0.5, 0.6) is 0 Å². The van der Waals surface area contributed by atoms with Crippen LogP contribution in [0.1, 0.15) is 38.3 Å². The van der Waals surface area contributed by atoms with E-state index in [0.29, 0.717) is 13.0 Å². The van der Waals surface area contributed by atoms with Crippen LogP contribution in [0, 0.1) is 5.92 Å². The van der Waals surface area contributed by atoms with Crippen LogP contribution < -0.4 is 10.6 Å². The summed E-state index contributed by atoms with van der Waals surface area (Å²) in [6.45, 7) is 5.63. The number of amides is 2. The van der Waals surface area contributed by atoms with Crippen molar-refractivity contribution in [2.45, 2.75) is 51.9 Å². The van der Waals surface area contributed by atoms with Gasteiger partial charge in [-0.05, 0) is 44.2 Å². The van der Waals surface area contributed by atoms with E-state index in [1.807, 2.05) is 6.92 Å². The van der Waals surface area contributed by atoms with Gasteiger partial charge in [0.1, 0.15) is 0 Å². The molecule has 1 aromatic carbocycles. The van der Waals surface area contributed by atoms with Gasteiger partial charge in [0, 0.05) is 12.6 Å². The number of aliphatic hydroxyl groups excluding tert-OH is 1. The topological polar surface area (TPSA) is 61.4 Å². The predicted octanol–water partition coefficient (Wildman–Crippen LogP) is 3.34. The number of halogens is 3. The van der Waals surface area contributed by atoms with Gasteiger partial charge in [0.25, 0.3) is 0 Å². The van der Waals surface area contributed by atoms with Crippen molar-refractivity contribution >= 4 is 6.03 Å². The number of hydrogen-bond acceptors (Lipinski definition) is 2. The fourth-order valence-corrected chi connectivity index (χ4v) is 2.56. The highest BCUT2D eigenvalue weighted by molar-refractivity contribution is 5.74. The van der Waals surface area contributed by atoms with E-state index in [0.717, 1.165) is 6.07 Å². The molecule has 0 saturated heterocycles. The molecule has 0 bridgehead atoms. The van der Waals surface area contributed by atoms with Crippen LogP contribution in [0.2, 0.25) is 0 Å². The van der Waals surface area contributed by atoms with Crippen LogP contribution in [0.4, 0.5) is 18.0 Å². The molecule has 0 fully saturated rings. The van der Waals surface area contributed by atoms with Crippen molar-refractivity contribution in [3.8, 4) is 0 Å². The van der Waals surface area contributed by atoms with Crippen molar-refractivity contribution in [3.05, 3.63) is 35.4 Å². The Balaban J connectivity index is 2.52. The molecule has 3 atom stereocenters. The maximum atomic E-state index is 13.0. The first-order valence-electron chi connectivity index (χ1n) is 7.97. The number of rotatable bonds is 7. The van der Waals surface area contributed by atoms with Gasteiger partial charge in [-0.15, -0.1) is 0 Å². The van der Waals surface area contributed by atoms with E-state index in [9.17, 15) is 23.1 Å². The van der Waals surface area contributed by atoms with Crippen molar-refractivity contribution < 1.29 is 23.1 Å². The summed E-state index contributed by atoms with van der Waals surface area (Å²) in [4.78, 5) is 11.8. The summed E-state index contributed by atoms with van der Waals surface area (Å²) >= 11 is 0. The van der Waals surface area contributed by atoms with Gasteiger partial charge in [-0.25, -0.2) is 4.79 Å². The second-order valence-corrected chi connectivity index (χ2v) is 6.30. The average molecular weight is 346 g/mol. The maximum absolute atomic E-state index is 13.0. The Bertz CT molecular complexity index is 533. The summed E-state index contributed by atoms with van der Waals surface area (Å²) in [5, 5.41) is 14.6. The molecule has 1 rings (SSSR count). The second kappa shape index (κ2) is 8.92. The molecular formula is C17H25F3N2O2. The molecule has 2 amide bonds. The van der Waals surface area contributed by atoms with Gasteiger partial charge in [-0.1, -0.05) is 25.1 Å². The molecule has 0 aromatic heterocycles. The highest BCUT2D eigenvalue weighted by Crippen LogP contribution is 2.32. The molecule has 0 heterocycles. The van der Waals surface area contributed by atoms with Crippen molar-refractivity contribution in [1.29, 1.82) is 0 Å². The first kappa shape index (κ1) is 20.3. The number of hydrogen-bond donors (Lipinski definition) is 3. The Morgan fingerprint density at radius 2 is 1.83 bits per heavy atom. The lowest BCUT2D eigenvalue weighted by Gasteiger charge is -2.19. The van der Waals surface area contributed by atoms with Crippen molar-refractivity contribution in [3.63, 3.8) is 0 Å². The Kier molecular flexibility index (Phi) is 7.54. The summed E-state index contributed by atoms with van der Waals surface area (Å²) in [6.07, 6.45) is -4.20. The Morgan fingerprint density at radius 3 is 2.42 bits per heavy atom. The summed E-state index contributed by atoms with van der Waals surface area (Å²) in [5.41, 5.74) is -0.523. The van der Waals surface area contributed by atoms with Crippen LogP contribution in [-0.4, -0.2) is 29.8 Å². The highest BCUT2D eigenvalue weighted by atomic mass is 19.4. The summed E-state index contributed by atoms with van der Waals surface area (Å²) in [6, 6.07) is 4.49. The predicted molar refractivity (Wildman–Crippen MR) is 86.6 cm³/mol. The van der Waals surface area contributed by atoms with Gasteiger partial charge < -0.3 is 15.7 Å². The minimum atomic E-state index is -4.41. The fourth-order valence-electron chi connectivity index (χ4n) is 2.56. The quantitative estimate of drug-likeness (QED) is 0.709. The number of carbonyl (C=O) groups excluding carboxylic acids is 1. The number of aliphatic hydroxyl groups is 1. The lowest BCUT2D eigenvalue weighted by molar-refractivity contribution is -0.138. The standard InChI is InChI=1S/C17H25F3N2O2/c1-11(8-13(3)23)10-21-16(24)22-12(2)9-14-6-4-5-7-15(14)17(18,19)20/h4-7,11-13,23H,8-10H2,1-3H3,(H2,21,22,24). The molecule has 1 aromatic rings. The van der Waals surface area contributed by atoms with Crippen LogP contribution in [0.25, 0.3) is 0 Å². The number of urea groups is 1. The van der Waals surface area contributed by atoms with E-state index in [1.165, 1.54) is 12.1 Å². The maximum Gasteiger partial charge on any atom is 0.416 e. The lowest BCUT2D eigenvalue weighted by Crippen LogP contribution is -2.43. The van der Waals surface area contributed by atoms with E-state index < -0.39 is 29.9 Å². The molecular weight excluding hydrogens is 321 g/mol. The number of nitrogens with one attached hydrogen (secondary N) is 2. The SMILES string of the molecule is CC(O)CC(C)CNC(=O)NC(C)Cc1ccccc1C(F)(F)F. The molecule has 136 valence electrons. The monoisotopic (exact) mass is 346 g/mol.